The molecule has 0 saturated heterocycles. The van der Waals surface area contributed by atoms with Crippen LogP contribution in [0.5, 0.6) is 5.75 Å². The van der Waals surface area contributed by atoms with E-state index in [0.717, 1.165) is 11.1 Å². The molecule has 1 heterocycles. The van der Waals surface area contributed by atoms with Crippen molar-refractivity contribution in [1.82, 2.24) is 9.55 Å². The minimum atomic E-state index is -1.32. The number of aromatic carboxylic acids is 1. The largest absolute Gasteiger partial charge is 0.489 e. The van der Waals surface area contributed by atoms with Gasteiger partial charge in [0.1, 0.15) is 5.82 Å². The topological polar surface area (TPSA) is 81.4 Å². The number of benzene rings is 2. The van der Waals surface area contributed by atoms with E-state index in [2.05, 4.69) is 4.98 Å². The van der Waals surface area contributed by atoms with Gasteiger partial charge in [0.15, 0.2) is 5.69 Å². The fourth-order valence-electron chi connectivity index (χ4n) is 3.61. The van der Waals surface area contributed by atoms with Crippen molar-refractivity contribution in [2.24, 2.45) is 7.05 Å². The van der Waals surface area contributed by atoms with Crippen LogP contribution in [0.25, 0.3) is 0 Å². The Morgan fingerprint density at radius 2 is 1.73 bits per heavy atom. The third-order valence-electron chi connectivity index (χ3n) is 5.00. The summed E-state index contributed by atoms with van der Waals surface area (Å²) in [6.45, 7) is 1.90. The molecule has 2 unspecified atom stereocenters. The summed E-state index contributed by atoms with van der Waals surface area (Å²) in [4.78, 5) is 28.7. The number of carbonyl (C=O) groups is 1. The fourth-order valence-corrected chi connectivity index (χ4v) is 3.86. The van der Waals surface area contributed by atoms with Gasteiger partial charge < -0.3 is 9.84 Å². The van der Waals surface area contributed by atoms with Crippen LogP contribution in [-0.4, -0.2) is 46.6 Å². The number of hydrogen-bond donors (Lipinski definition) is 1. The minimum Gasteiger partial charge on any atom is -0.489 e. The van der Waals surface area contributed by atoms with Gasteiger partial charge >= 0.3 is 5.97 Å². The van der Waals surface area contributed by atoms with Gasteiger partial charge in [0.2, 0.25) is 5.75 Å². The van der Waals surface area contributed by atoms with Crippen molar-refractivity contribution in [2.75, 3.05) is 7.11 Å². The van der Waals surface area contributed by atoms with E-state index in [1.54, 1.807) is 7.05 Å². The molecule has 0 amide bonds. The molecule has 3 rings (SSSR count). The number of hydrogen-bond acceptors (Lipinski definition) is 4. The number of rotatable bonds is 6. The van der Waals surface area contributed by atoms with Crippen molar-refractivity contribution in [3.05, 3.63) is 92.6 Å². The molecular formula is C22H21ClLiN2O4. The van der Waals surface area contributed by atoms with Crippen LogP contribution in [0.2, 0.25) is 5.02 Å². The van der Waals surface area contributed by atoms with E-state index in [0.29, 0.717) is 10.8 Å². The summed E-state index contributed by atoms with van der Waals surface area (Å²) in [6.07, 6.45) is 0. The van der Waals surface area contributed by atoms with Crippen LogP contribution in [0.3, 0.4) is 0 Å². The quantitative estimate of drug-likeness (QED) is 0.616. The zero-order chi connectivity index (χ0) is 21.1. The van der Waals surface area contributed by atoms with Crippen molar-refractivity contribution in [3.8, 4) is 5.75 Å². The molecule has 0 spiro atoms. The van der Waals surface area contributed by atoms with Crippen molar-refractivity contribution in [2.45, 2.75) is 18.8 Å². The summed E-state index contributed by atoms with van der Waals surface area (Å²) < 4.78 is 6.34. The Balaban J connectivity index is 0.00000320. The third-order valence-corrected chi connectivity index (χ3v) is 5.34. The molecule has 0 fully saturated rings. The molecule has 1 N–H and O–H groups in total. The number of carboxylic acids is 1. The summed E-state index contributed by atoms with van der Waals surface area (Å²) in [5.74, 6) is -1.86. The summed E-state index contributed by atoms with van der Waals surface area (Å²) in [5, 5.41) is 10.1. The van der Waals surface area contributed by atoms with Crippen LogP contribution in [0.4, 0.5) is 0 Å². The normalized spacial score (nSPS) is 12.5. The van der Waals surface area contributed by atoms with Gasteiger partial charge in [-0.2, -0.15) is 0 Å². The predicted octanol–water partition coefficient (Wildman–Crippen LogP) is 3.70. The molecule has 1 aromatic heterocycles. The maximum Gasteiger partial charge on any atom is 0.358 e. The van der Waals surface area contributed by atoms with E-state index in [4.69, 9.17) is 16.3 Å². The van der Waals surface area contributed by atoms with Crippen LogP contribution in [0.15, 0.2) is 59.4 Å². The molecule has 151 valence electrons. The Morgan fingerprint density at radius 3 is 2.30 bits per heavy atom. The molecule has 8 heteroatoms. The number of ether oxygens (including phenoxy) is 1. The van der Waals surface area contributed by atoms with Crippen LogP contribution in [-0.2, 0) is 7.05 Å². The predicted molar refractivity (Wildman–Crippen MR) is 117 cm³/mol. The molecule has 0 aliphatic carbocycles. The summed E-state index contributed by atoms with van der Waals surface area (Å²) in [6, 6.07) is 17.2. The monoisotopic (exact) mass is 419 g/mol. The van der Waals surface area contributed by atoms with Crippen LogP contribution in [0, 0.1) is 0 Å². The minimum absolute atomic E-state index is 0. The molecular weight excluding hydrogens is 399 g/mol. The second-order valence-corrected chi connectivity index (χ2v) is 7.13. The molecule has 2 atom stereocenters. The molecule has 6 nitrogen and oxygen atoms in total. The van der Waals surface area contributed by atoms with E-state index in [9.17, 15) is 14.7 Å². The molecule has 3 aromatic rings. The second-order valence-electron chi connectivity index (χ2n) is 6.72. The van der Waals surface area contributed by atoms with Gasteiger partial charge in [-0.05, 0) is 17.2 Å². The molecule has 0 aliphatic rings. The third kappa shape index (κ3) is 4.46. The smallest absolute Gasteiger partial charge is 0.358 e. The van der Waals surface area contributed by atoms with E-state index in [1.165, 1.54) is 11.7 Å². The molecule has 30 heavy (non-hydrogen) atoms. The first-order valence-corrected chi connectivity index (χ1v) is 9.42. The van der Waals surface area contributed by atoms with Gasteiger partial charge in [0, 0.05) is 42.8 Å². The Morgan fingerprint density at radius 1 is 1.13 bits per heavy atom. The van der Waals surface area contributed by atoms with Crippen LogP contribution < -0.4 is 10.3 Å². The standard InChI is InChI=1S/C22H21ClN2O4.Li/c1-13(20-24-18(22(27)28)19(29-3)21(26)25(20)2)17(14-9-5-4-6-10-14)15-11-7-8-12-16(15)23;/h4-13,17H,1-3H3,(H,27,28);. The van der Waals surface area contributed by atoms with E-state index in [-0.39, 0.29) is 36.4 Å². The van der Waals surface area contributed by atoms with Gasteiger partial charge in [-0.15, -0.1) is 0 Å². The maximum absolute atomic E-state index is 12.7. The fraction of sp³-hybridized carbons (Fsp3) is 0.227. The first-order valence-electron chi connectivity index (χ1n) is 9.04. The number of methoxy groups -OCH3 is 1. The average Bonchev–Trinajstić information content (AvgIpc) is 2.72. The first kappa shape index (κ1) is 23.8. The zero-order valence-electron chi connectivity index (χ0n) is 17.3. The molecule has 2 aromatic carbocycles. The summed E-state index contributed by atoms with van der Waals surface area (Å²) in [5.41, 5.74) is 0.904. The number of nitrogens with zero attached hydrogens (tertiary/aromatic N) is 2. The first-order chi connectivity index (χ1) is 13.9. The maximum atomic E-state index is 12.7. The second kappa shape index (κ2) is 9.99. The molecule has 1 radical (unpaired) electrons. The molecule has 0 bridgehead atoms. The van der Waals surface area contributed by atoms with Gasteiger partial charge in [-0.3, -0.25) is 9.36 Å². The van der Waals surface area contributed by atoms with E-state index >= 15 is 0 Å². The SMILES string of the molecule is COc1c(C(=O)O)nc(C(C)C(c2ccccc2)c2ccccc2Cl)n(C)c1=O.[Li]. The van der Waals surface area contributed by atoms with Crippen molar-refractivity contribution < 1.29 is 14.6 Å². The van der Waals surface area contributed by atoms with Crippen molar-refractivity contribution >= 4 is 36.4 Å². The van der Waals surface area contributed by atoms with E-state index < -0.39 is 17.2 Å². The Hall–Kier alpha value is -2.52. The van der Waals surface area contributed by atoms with Gasteiger partial charge in [0.25, 0.3) is 5.56 Å². The number of carboxylic acid groups (broad SMARTS) is 1. The van der Waals surface area contributed by atoms with E-state index in [1.807, 2.05) is 61.5 Å². The summed E-state index contributed by atoms with van der Waals surface area (Å²) in [7, 11) is 2.81. The number of halogens is 1. The van der Waals surface area contributed by atoms with Gasteiger partial charge in [0.05, 0.1) is 7.11 Å². The molecule has 0 aliphatic heterocycles. The number of aromatic nitrogens is 2. The zero-order valence-corrected chi connectivity index (χ0v) is 18.1. The average molecular weight is 420 g/mol. The van der Waals surface area contributed by atoms with Crippen molar-refractivity contribution in [3.63, 3.8) is 0 Å². The molecule has 0 saturated carbocycles. The Labute approximate surface area is 191 Å². The Bertz CT molecular complexity index is 1100. The van der Waals surface area contributed by atoms with Gasteiger partial charge in [-0.25, -0.2) is 9.78 Å². The van der Waals surface area contributed by atoms with Crippen molar-refractivity contribution in [1.29, 1.82) is 0 Å². The van der Waals surface area contributed by atoms with Crippen LogP contribution in [0.1, 0.15) is 46.2 Å². The summed E-state index contributed by atoms with van der Waals surface area (Å²) >= 11 is 6.50. The van der Waals surface area contributed by atoms with Gasteiger partial charge in [-0.1, -0.05) is 67.1 Å². The van der Waals surface area contributed by atoms with Crippen LogP contribution >= 0.6 is 11.6 Å². The Kier molecular flexibility index (Phi) is 7.91.